The summed E-state index contributed by atoms with van der Waals surface area (Å²) in [6.07, 6.45) is 3.97. The Morgan fingerprint density at radius 1 is 1.17 bits per heavy atom. The van der Waals surface area contributed by atoms with Gasteiger partial charge in [-0.3, -0.25) is 14.4 Å². The maximum atomic E-state index is 13.6. The Bertz CT molecular complexity index is 967. The van der Waals surface area contributed by atoms with Gasteiger partial charge in [-0.2, -0.15) is 5.10 Å². The Morgan fingerprint density at radius 2 is 1.93 bits per heavy atom. The van der Waals surface area contributed by atoms with Crippen LogP contribution in [-0.4, -0.2) is 85.4 Å². The zero-order valence-corrected chi connectivity index (χ0v) is 24.9. The van der Waals surface area contributed by atoms with E-state index in [-0.39, 0.29) is 56.8 Å². The first-order valence-corrected chi connectivity index (χ1v) is 14.0. The summed E-state index contributed by atoms with van der Waals surface area (Å²) in [4.78, 5) is 54.7. The predicted octanol–water partition coefficient (Wildman–Crippen LogP) is 2.41. The minimum atomic E-state index is -1.16. The zero-order valence-electron chi connectivity index (χ0n) is 24.1. The van der Waals surface area contributed by atoms with E-state index in [1.807, 2.05) is 42.2 Å². The molecule has 0 spiro atoms. The summed E-state index contributed by atoms with van der Waals surface area (Å²) in [5.74, 6) is 4.24. The van der Waals surface area contributed by atoms with Gasteiger partial charge in [0.1, 0.15) is 19.0 Å². The highest BCUT2D eigenvalue weighted by molar-refractivity contribution is 5.91. The smallest absolute Gasteiger partial charge is 0.408 e. The summed E-state index contributed by atoms with van der Waals surface area (Å²) in [6.45, 7) is 6.48. The number of esters is 1. The summed E-state index contributed by atoms with van der Waals surface area (Å²) in [5.41, 5.74) is 0.790. The quantitative estimate of drug-likeness (QED) is 0.0863. The van der Waals surface area contributed by atoms with Crippen molar-refractivity contribution in [2.24, 2.45) is 16.9 Å². The molecule has 0 unspecified atom stereocenters. The molecular formula is C28H45ClN6O6. The number of hydrogen-bond donors (Lipinski definition) is 3. The monoisotopic (exact) mass is 596 g/mol. The van der Waals surface area contributed by atoms with Crippen LogP contribution in [0.3, 0.4) is 0 Å². The molecule has 0 radical (unpaired) electrons. The minimum Gasteiger partial charge on any atom is -0.466 e. The molecule has 230 valence electrons. The Kier molecular flexibility index (Phi) is 17.6. The molecule has 1 aromatic carbocycles. The van der Waals surface area contributed by atoms with Crippen molar-refractivity contribution >= 4 is 42.6 Å². The first kappa shape index (κ1) is 35.5. The number of nitrogens with zero attached hydrogens (tertiary/aromatic N) is 3. The van der Waals surface area contributed by atoms with Crippen LogP contribution in [0, 0.1) is 5.92 Å². The fourth-order valence-corrected chi connectivity index (χ4v) is 4.45. The minimum absolute atomic E-state index is 0. The number of carbonyl (C=O) groups excluding carboxylic acids is 4. The molecular weight excluding hydrogens is 552 g/mol. The Morgan fingerprint density at radius 3 is 2.61 bits per heavy atom. The predicted molar refractivity (Wildman–Crippen MR) is 158 cm³/mol. The van der Waals surface area contributed by atoms with E-state index in [1.54, 1.807) is 13.3 Å². The maximum absolute atomic E-state index is 13.6. The van der Waals surface area contributed by atoms with Gasteiger partial charge in [0.25, 0.3) is 0 Å². The van der Waals surface area contributed by atoms with Crippen LogP contribution >= 0.6 is 12.4 Å². The molecule has 41 heavy (non-hydrogen) atoms. The van der Waals surface area contributed by atoms with Crippen LogP contribution in [0.5, 0.6) is 0 Å². The van der Waals surface area contributed by atoms with E-state index < -0.39 is 24.0 Å². The Labute approximate surface area is 248 Å². The molecule has 1 saturated heterocycles. The second-order valence-corrected chi connectivity index (χ2v) is 9.77. The van der Waals surface area contributed by atoms with Crippen LogP contribution in [0.25, 0.3) is 0 Å². The highest BCUT2D eigenvalue weighted by Gasteiger charge is 2.29. The van der Waals surface area contributed by atoms with Crippen LogP contribution in [0.15, 0.2) is 35.4 Å². The molecule has 13 heteroatoms. The topological polar surface area (TPSA) is 156 Å². The molecule has 0 bridgehead atoms. The Balaban J connectivity index is 0.00000840. The molecule has 1 fully saturated rings. The number of hydrazone groups is 1. The number of hydrogen-bond acceptors (Lipinski definition) is 8. The third-order valence-corrected chi connectivity index (χ3v) is 6.55. The van der Waals surface area contributed by atoms with Crippen LogP contribution in [0.2, 0.25) is 0 Å². The van der Waals surface area contributed by atoms with Gasteiger partial charge < -0.3 is 35.7 Å². The molecule has 0 saturated carbocycles. The average molecular weight is 597 g/mol. The van der Waals surface area contributed by atoms with E-state index in [0.29, 0.717) is 26.1 Å². The van der Waals surface area contributed by atoms with Crippen LogP contribution < -0.4 is 16.5 Å². The van der Waals surface area contributed by atoms with E-state index in [1.165, 1.54) is 4.90 Å². The number of nitrogens with two attached hydrogens (primary N) is 1. The van der Waals surface area contributed by atoms with Crippen molar-refractivity contribution in [3.63, 3.8) is 0 Å². The van der Waals surface area contributed by atoms with Crippen molar-refractivity contribution in [2.75, 3.05) is 39.3 Å². The molecule has 12 nitrogen and oxygen atoms in total. The van der Waals surface area contributed by atoms with Gasteiger partial charge in [0.15, 0.2) is 0 Å². The molecule has 0 aliphatic carbocycles. The number of likely N-dealkylation sites (tertiary alicyclic amines) is 1. The van der Waals surface area contributed by atoms with Crippen LogP contribution in [0.4, 0.5) is 4.79 Å². The third kappa shape index (κ3) is 14.1. The SMILES string of the molecule is CCCCN(CCC(=O)OCC)C(=O)[C@H](CC(=O)NC[C@@H]1CCCN(C=NN)C1)NC(=O)OCc1ccccc1.Cl. The molecule has 3 amide bonds. The Hall–Kier alpha value is -3.54. The lowest BCUT2D eigenvalue weighted by Crippen LogP contribution is -2.51. The number of nitrogens with one attached hydrogen (secondary N) is 2. The zero-order chi connectivity index (χ0) is 29.2. The molecule has 1 aromatic rings. The highest BCUT2D eigenvalue weighted by Crippen LogP contribution is 2.15. The van der Waals surface area contributed by atoms with E-state index in [4.69, 9.17) is 15.3 Å². The molecule has 0 aromatic heterocycles. The number of benzene rings is 1. The van der Waals surface area contributed by atoms with Crippen LogP contribution in [0.1, 0.15) is 57.9 Å². The van der Waals surface area contributed by atoms with Crippen molar-refractivity contribution in [2.45, 2.75) is 65.0 Å². The van der Waals surface area contributed by atoms with Crippen molar-refractivity contribution in [1.82, 2.24) is 20.4 Å². The van der Waals surface area contributed by atoms with Gasteiger partial charge in [-0.15, -0.1) is 12.4 Å². The molecule has 2 rings (SSSR count). The van der Waals surface area contributed by atoms with Gasteiger partial charge >= 0.3 is 12.1 Å². The normalized spacial score (nSPS) is 15.4. The molecule has 4 N–H and O–H groups in total. The third-order valence-electron chi connectivity index (χ3n) is 6.55. The van der Waals surface area contributed by atoms with Crippen molar-refractivity contribution in [3.05, 3.63) is 35.9 Å². The van der Waals surface area contributed by atoms with Gasteiger partial charge in [0.05, 0.1) is 19.4 Å². The molecule has 1 aliphatic heterocycles. The number of alkyl carbamates (subject to hydrolysis) is 1. The standard InChI is InChI=1S/C28H44N6O6.ClH/c1-3-5-15-34(16-13-26(36)39-4-2)27(37)24(32-28(38)40-20-22-10-7-6-8-11-22)17-25(35)30-18-23-12-9-14-33(19-23)21-31-29;/h6-8,10-11,21,23-24H,3-5,9,12-20,29H2,1-2H3,(H,30,35)(H,32,38);1H/t23-,24-;/m0./s1. The number of halogens is 1. The average Bonchev–Trinajstić information content (AvgIpc) is 2.95. The van der Waals surface area contributed by atoms with Gasteiger partial charge in [0.2, 0.25) is 11.8 Å². The number of rotatable bonds is 16. The number of carbonyl (C=O) groups is 4. The van der Waals surface area contributed by atoms with Crippen molar-refractivity contribution < 1.29 is 28.7 Å². The summed E-state index contributed by atoms with van der Waals surface area (Å²) in [6, 6.07) is 7.99. The van der Waals surface area contributed by atoms with Gasteiger partial charge in [0, 0.05) is 32.7 Å². The molecule has 2 atom stereocenters. The van der Waals surface area contributed by atoms with Gasteiger partial charge in [-0.05, 0) is 37.7 Å². The van der Waals surface area contributed by atoms with Crippen molar-refractivity contribution in [1.29, 1.82) is 0 Å². The van der Waals surface area contributed by atoms with E-state index in [0.717, 1.165) is 31.4 Å². The number of ether oxygens (including phenoxy) is 2. The second-order valence-electron chi connectivity index (χ2n) is 9.77. The lowest BCUT2D eigenvalue weighted by atomic mass is 9.98. The first-order valence-electron chi connectivity index (χ1n) is 14.0. The first-order chi connectivity index (χ1) is 19.4. The van der Waals surface area contributed by atoms with Gasteiger partial charge in [-0.25, -0.2) is 4.79 Å². The lowest BCUT2D eigenvalue weighted by Gasteiger charge is -2.31. The van der Waals surface area contributed by atoms with Gasteiger partial charge in [-0.1, -0.05) is 43.7 Å². The lowest BCUT2D eigenvalue weighted by molar-refractivity contribution is -0.144. The molecule has 1 aliphatic rings. The fourth-order valence-electron chi connectivity index (χ4n) is 4.45. The summed E-state index contributed by atoms with van der Waals surface area (Å²) < 4.78 is 10.3. The number of amides is 3. The molecule has 1 heterocycles. The highest BCUT2D eigenvalue weighted by atomic mass is 35.5. The second kappa shape index (κ2) is 20.4. The maximum Gasteiger partial charge on any atom is 0.408 e. The van der Waals surface area contributed by atoms with E-state index >= 15 is 0 Å². The fraction of sp³-hybridized carbons (Fsp3) is 0.607. The summed E-state index contributed by atoms with van der Waals surface area (Å²) in [7, 11) is 0. The van der Waals surface area contributed by atoms with Crippen molar-refractivity contribution in [3.8, 4) is 0 Å². The number of piperidine rings is 1. The van der Waals surface area contributed by atoms with E-state index in [9.17, 15) is 19.2 Å². The van der Waals surface area contributed by atoms with Crippen LogP contribution in [-0.2, 0) is 30.5 Å². The number of unbranched alkanes of at least 4 members (excludes halogenated alkanes) is 1. The van der Waals surface area contributed by atoms with E-state index in [2.05, 4.69) is 15.7 Å². The summed E-state index contributed by atoms with van der Waals surface area (Å²) in [5, 5.41) is 9.06. The largest absolute Gasteiger partial charge is 0.466 e. The summed E-state index contributed by atoms with van der Waals surface area (Å²) >= 11 is 0.